The molecular weight excluding hydrogens is 357 g/mol. The Hall–Kier alpha value is -2.35. The van der Waals surface area contributed by atoms with Gasteiger partial charge in [0.05, 0.1) is 12.0 Å². The smallest absolute Gasteiger partial charge is 0.318 e. The Bertz CT molecular complexity index is 960. The molecule has 0 amide bonds. The van der Waals surface area contributed by atoms with Crippen LogP contribution < -0.4 is 5.56 Å². The van der Waals surface area contributed by atoms with Crippen molar-refractivity contribution in [1.82, 2.24) is 19.1 Å². The highest BCUT2D eigenvalue weighted by Gasteiger charge is 2.26. The number of nitrogens with zero attached hydrogens (tertiary/aromatic N) is 4. The van der Waals surface area contributed by atoms with Crippen molar-refractivity contribution in [2.75, 3.05) is 0 Å². The quantitative estimate of drug-likeness (QED) is 0.704. The van der Waals surface area contributed by atoms with Crippen molar-refractivity contribution in [1.29, 1.82) is 0 Å². The molecule has 0 radical (unpaired) electrons. The van der Waals surface area contributed by atoms with Crippen LogP contribution in [-0.4, -0.2) is 25.3 Å². The zero-order valence-electron chi connectivity index (χ0n) is 13.2. The van der Waals surface area contributed by atoms with Crippen molar-refractivity contribution < 1.29 is 13.2 Å². The maximum atomic E-state index is 12.8. The maximum Gasteiger partial charge on any atom is 0.389 e. The second-order valence-electron chi connectivity index (χ2n) is 5.64. The van der Waals surface area contributed by atoms with Crippen LogP contribution in [0.2, 0.25) is 5.02 Å². The molecule has 0 aliphatic heterocycles. The SMILES string of the molecule is Cn1cnc2c(=O)n(-c3ccc(Cl)cc3)c(CCCC(F)(F)F)nc21. The van der Waals surface area contributed by atoms with E-state index >= 15 is 0 Å². The van der Waals surface area contributed by atoms with E-state index in [0.717, 1.165) is 0 Å². The Balaban J connectivity index is 2.11. The van der Waals surface area contributed by atoms with Gasteiger partial charge in [-0.15, -0.1) is 0 Å². The Morgan fingerprint density at radius 3 is 2.52 bits per heavy atom. The molecule has 9 heteroatoms. The summed E-state index contributed by atoms with van der Waals surface area (Å²) < 4.78 is 40.2. The molecule has 0 bridgehead atoms. The van der Waals surface area contributed by atoms with Crippen LogP contribution in [0.1, 0.15) is 18.7 Å². The van der Waals surface area contributed by atoms with Crippen molar-refractivity contribution in [2.24, 2.45) is 7.05 Å². The summed E-state index contributed by atoms with van der Waals surface area (Å²) in [5, 5.41) is 0.488. The van der Waals surface area contributed by atoms with E-state index in [-0.39, 0.29) is 24.2 Å². The number of hydrogen-bond donors (Lipinski definition) is 0. The second-order valence-corrected chi connectivity index (χ2v) is 6.08. The summed E-state index contributed by atoms with van der Waals surface area (Å²) in [5.41, 5.74) is 0.570. The third-order valence-electron chi connectivity index (χ3n) is 3.75. The van der Waals surface area contributed by atoms with Crippen LogP contribution in [0.5, 0.6) is 0 Å². The van der Waals surface area contributed by atoms with Crippen LogP contribution in [-0.2, 0) is 13.5 Å². The molecule has 0 spiro atoms. The van der Waals surface area contributed by atoms with Crippen LogP contribution in [0.15, 0.2) is 35.4 Å². The van der Waals surface area contributed by atoms with Gasteiger partial charge < -0.3 is 4.57 Å². The Kier molecular flexibility index (Phi) is 4.55. The maximum absolute atomic E-state index is 12.8. The van der Waals surface area contributed by atoms with E-state index in [2.05, 4.69) is 9.97 Å². The van der Waals surface area contributed by atoms with E-state index in [4.69, 9.17) is 11.6 Å². The third-order valence-corrected chi connectivity index (χ3v) is 4.00. The fourth-order valence-corrected chi connectivity index (χ4v) is 2.70. The van der Waals surface area contributed by atoms with Crippen molar-refractivity contribution in [3.8, 4) is 5.69 Å². The van der Waals surface area contributed by atoms with Crippen LogP contribution in [0.3, 0.4) is 0 Å². The lowest BCUT2D eigenvalue weighted by Gasteiger charge is -2.13. The predicted octanol–water partition coefficient (Wildman–Crippen LogP) is 3.66. The van der Waals surface area contributed by atoms with Gasteiger partial charge in [0.25, 0.3) is 5.56 Å². The molecule has 0 atom stereocenters. The average molecular weight is 371 g/mol. The summed E-state index contributed by atoms with van der Waals surface area (Å²) in [7, 11) is 1.67. The molecule has 1 aromatic carbocycles. The highest BCUT2D eigenvalue weighted by Crippen LogP contribution is 2.23. The fourth-order valence-electron chi connectivity index (χ4n) is 2.57. The molecule has 3 rings (SSSR count). The first-order valence-electron chi connectivity index (χ1n) is 7.52. The third kappa shape index (κ3) is 3.68. The predicted molar refractivity (Wildman–Crippen MR) is 88.1 cm³/mol. The first kappa shape index (κ1) is 17.5. The molecule has 2 heterocycles. The number of halogens is 4. The van der Waals surface area contributed by atoms with E-state index in [1.54, 1.807) is 35.9 Å². The molecule has 5 nitrogen and oxygen atoms in total. The van der Waals surface area contributed by atoms with Crippen molar-refractivity contribution in [3.05, 3.63) is 51.8 Å². The van der Waals surface area contributed by atoms with E-state index in [9.17, 15) is 18.0 Å². The standard InChI is InChI=1S/C16H14ClF3N4O/c1-23-9-21-13-14(23)22-12(3-2-8-16(18,19)20)24(15(13)25)11-6-4-10(17)5-7-11/h4-7,9H,2-3,8H2,1H3. The summed E-state index contributed by atoms with van der Waals surface area (Å²) in [5.74, 6) is 0.257. The van der Waals surface area contributed by atoms with Gasteiger partial charge in [-0.05, 0) is 30.7 Å². The largest absolute Gasteiger partial charge is 0.389 e. The Morgan fingerprint density at radius 1 is 1.20 bits per heavy atom. The lowest BCUT2D eigenvalue weighted by atomic mass is 10.2. The minimum Gasteiger partial charge on any atom is -0.318 e. The summed E-state index contributed by atoms with van der Waals surface area (Å²) in [6, 6.07) is 6.44. The highest BCUT2D eigenvalue weighted by atomic mass is 35.5. The monoisotopic (exact) mass is 370 g/mol. The normalized spacial score (nSPS) is 12.0. The molecule has 0 fully saturated rings. The van der Waals surface area contributed by atoms with E-state index < -0.39 is 18.2 Å². The first-order valence-corrected chi connectivity index (χ1v) is 7.90. The van der Waals surface area contributed by atoms with E-state index in [1.165, 1.54) is 10.9 Å². The molecule has 132 valence electrons. The minimum atomic E-state index is -4.25. The summed E-state index contributed by atoms with van der Waals surface area (Å²) in [6.07, 6.45) is -3.88. The van der Waals surface area contributed by atoms with Gasteiger partial charge >= 0.3 is 6.18 Å². The molecule has 2 aromatic heterocycles. The number of alkyl halides is 3. The van der Waals surface area contributed by atoms with Crippen LogP contribution >= 0.6 is 11.6 Å². The number of fused-ring (bicyclic) bond motifs is 1. The van der Waals surface area contributed by atoms with Gasteiger partial charge in [-0.2, -0.15) is 13.2 Å². The van der Waals surface area contributed by atoms with Gasteiger partial charge in [-0.3, -0.25) is 9.36 Å². The summed E-state index contributed by atoms with van der Waals surface area (Å²) >= 11 is 5.87. The lowest BCUT2D eigenvalue weighted by molar-refractivity contribution is -0.135. The molecule has 0 aliphatic carbocycles. The molecule has 3 aromatic rings. The molecule has 0 aliphatic rings. The Labute approximate surface area is 145 Å². The van der Waals surface area contributed by atoms with Crippen molar-refractivity contribution in [2.45, 2.75) is 25.4 Å². The topological polar surface area (TPSA) is 52.7 Å². The first-order chi connectivity index (χ1) is 11.8. The van der Waals surface area contributed by atoms with Gasteiger partial charge in [-0.25, -0.2) is 9.97 Å². The van der Waals surface area contributed by atoms with Gasteiger partial charge in [-0.1, -0.05) is 11.6 Å². The molecule has 0 N–H and O–H groups in total. The van der Waals surface area contributed by atoms with Gasteiger partial charge in [0.2, 0.25) is 0 Å². The summed E-state index contributed by atoms with van der Waals surface area (Å²) in [6.45, 7) is 0. The van der Waals surface area contributed by atoms with E-state index in [1.807, 2.05) is 0 Å². The number of aryl methyl sites for hydroxylation is 2. The highest BCUT2D eigenvalue weighted by molar-refractivity contribution is 6.30. The molecule has 0 unspecified atom stereocenters. The van der Waals surface area contributed by atoms with Crippen molar-refractivity contribution >= 4 is 22.8 Å². The van der Waals surface area contributed by atoms with Gasteiger partial charge in [0.1, 0.15) is 5.82 Å². The van der Waals surface area contributed by atoms with Gasteiger partial charge in [0.15, 0.2) is 11.2 Å². The second kappa shape index (κ2) is 6.51. The minimum absolute atomic E-state index is 0.0124. The number of hydrogen-bond acceptors (Lipinski definition) is 3. The van der Waals surface area contributed by atoms with Crippen LogP contribution in [0.25, 0.3) is 16.9 Å². The number of rotatable bonds is 4. The zero-order valence-corrected chi connectivity index (χ0v) is 14.0. The molecule has 25 heavy (non-hydrogen) atoms. The zero-order chi connectivity index (χ0) is 18.2. The van der Waals surface area contributed by atoms with Crippen LogP contribution in [0, 0.1) is 0 Å². The molecule has 0 saturated carbocycles. The number of benzene rings is 1. The average Bonchev–Trinajstić information content (AvgIpc) is 2.89. The Morgan fingerprint density at radius 2 is 1.88 bits per heavy atom. The van der Waals surface area contributed by atoms with Gasteiger partial charge in [0, 0.05) is 24.9 Å². The summed E-state index contributed by atoms with van der Waals surface area (Å²) in [4.78, 5) is 21.2. The molecule has 0 saturated heterocycles. The van der Waals surface area contributed by atoms with E-state index in [0.29, 0.717) is 16.4 Å². The number of aromatic nitrogens is 4. The van der Waals surface area contributed by atoms with Crippen molar-refractivity contribution in [3.63, 3.8) is 0 Å². The number of imidazole rings is 1. The van der Waals surface area contributed by atoms with Crippen LogP contribution in [0.4, 0.5) is 13.2 Å². The lowest BCUT2D eigenvalue weighted by Crippen LogP contribution is -2.24. The molecular formula is C16H14ClF3N4O. The fraction of sp³-hybridized carbons (Fsp3) is 0.312.